The fourth-order valence-corrected chi connectivity index (χ4v) is 10.00. The van der Waals surface area contributed by atoms with Crippen LogP contribution in [-0.4, -0.2) is 70.0 Å². The Morgan fingerprint density at radius 2 is 1.26 bits per heavy atom. The molecular weight excluding hydrogens is 781 g/mol. The Morgan fingerprint density at radius 3 is 1.83 bits per heavy atom. The van der Waals surface area contributed by atoms with Crippen LogP contribution in [0.2, 0.25) is 36.3 Å². The second-order valence-electron chi connectivity index (χ2n) is 19.0. The summed E-state index contributed by atoms with van der Waals surface area (Å²) in [5.41, 5.74) is 2.12. The lowest BCUT2D eigenvalue weighted by Crippen LogP contribution is -2.52. The molecule has 0 saturated heterocycles. The monoisotopic (exact) mass is 863 g/mol. The second-order valence-corrected chi connectivity index (χ2v) is 30.1. The highest BCUT2D eigenvalue weighted by molar-refractivity contribution is 7.86. The van der Waals surface area contributed by atoms with Crippen molar-refractivity contribution in [1.82, 2.24) is 0 Å². The highest BCUT2D eigenvalue weighted by Gasteiger charge is 2.45. The number of unbranched alkanes of at least 4 members (excludes halogenated alkanes) is 6. The molecule has 0 N–H and O–H groups in total. The average molecular weight is 863 g/mol. The molecule has 0 aliphatic rings. The average Bonchev–Trinajstić information content (AvgIpc) is 3.14. The number of hydrogen-bond acceptors (Lipinski definition) is 8. The Kier molecular flexibility index (Phi) is 22.9. The van der Waals surface area contributed by atoms with E-state index < -0.39 is 39.0 Å². The van der Waals surface area contributed by atoms with Gasteiger partial charge >= 0.3 is 0 Å². The molecule has 4 atom stereocenters. The SMILES string of the molecule is CCCCCCCC/C=C/[C@@H](OCOC)[C@H](CC[C@@H](O[Si](C)(C)C(C)(C)C)[C@@H](CCCOCc1ccccc1)O[Si](C)(C)C(C)(C)C)OS(=O)(=O)c1ccc(C)cc1. The van der Waals surface area contributed by atoms with Gasteiger partial charge in [0.2, 0.25) is 0 Å². The largest absolute Gasteiger partial charge is 0.411 e. The van der Waals surface area contributed by atoms with Crippen LogP contribution in [-0.2, 0) is 44.0 Å². The fraction of sp³-hybridized carbons (Fsp3) is 0.702. The maximum Gasteiger partial charge on any atom is 0.297 e. The summed E-state index contributed by atoms with van der Waals surface area (Å²) in [5, 5.41) is -0.0795. The molecule has 0 fully saturated rings. The van der Waals surface area contributed by atoms with Crippen molar-refractivity contribution < 1.29 is 35.7 Å². The summed E-state index contributed by atoms with van der Waals surface area (Å²) in [5.74, 6) is 0. The Bertz CT molecular complexity index is 1530. The van der Waals surface area contributed by atoms with Gasteiger partial charge in [-0.2, -0.15) is 8.42 Å². The standard InChI is InChI=1S/C47H82O8SSi2/c1-14-15-16-17-18-19-20-24-28-42(52-38-50-9)43(53-56(48,49)41-32-30-39(2)31-33-41)34-35-45(55-58(12,13)47(6,7)8)44(54-57(10,11)46(3,4)5)29-25-36-51-37-40-26-22-21-23-27-40/h21-24,26-28,30-33,42-45H,14-20,25,29,34-38H2,1-13H3/b28-24+/t42-,43+,44-,45-/m1/s1. The molecule has 0 spiro atoms. The van der Waals surface area contributed by atoms with E-state index >= 15 is 0 Å². The molecule has 2 rings (SSSR count). The number of hydrogen-bond donors (Lipinski definition) is 0. The Labute approximate surface area is 357 Å². The first-order valence-corrected chi connectivity index (χ1v) is 29.1. The van der Waals surface area contributed by atoms with Crippen LogP contribution < -0.4 is 0 Å². The molecule has 11 heteroatoms. The zero-order valence-electron chi connectivity index (χ0n) is 38.7. The highest BCUT2D eigenvalue weighted by atomic mass is 32.2. The molecule has 332 valence electrons. The summed E-state index contributed by atoms with van der Waals surface area (Å²) < 4.78 is 66.6. The van der Waals surface area contributed by atoms with Crippen molar-refractivity contribution in [3.05, 3.63) is 77.9 Å². The number of methoxy groups -OCH3 is 1. The number of allylic oxidation sites excluding steroid dienone is 1. The molecule has 8 nitrogen and oxygen atoms in total. The van der Waals surface area contributed by atoms with E-state index in [0.717, 1.165) is 43.2 Å². The zero-order valence-corrected chi connectivity index (χ0v) is 41.6. The number of aryl methyl sites for hydroxylation is 1. The van der Waals surface area contributed by atoms with Gasteiger partial charge in [-0.3, -0.25) is 4.18 Å². The van der Waals surface area contributed by atoms with E-state index in [1.165, 1.54) is 25.7 Å². The van der Waals surface area contributed by atoms with E-state index in [-0.39, 0.29) is 34.0 Å². The minimum atomic E-state index is -4.14. The van der Waals surface area contributed by atoms with Crippen molar-refractivity contribution in [2.45, 2.75) is 198 Å². The van der Waals surface area contributed by atoms with Crippen LogP contribution in [0.5, 0.6) is 0 Å². The lowest BCUT2D eigenvalue weighted by molar-refractivity contribution is -0.0905. The van der Waals surface area contributed by atoms with E-state index in [4.69, 9.17) is 27.2 Å². The first-order chi connectivity index (χ1) is 27.1. The first-order valence-electron chi connectivity index (χ1n) is 21.9. The third-order valence-corrected chi connectivity index (χ3v) is 22.3. The van der Waals surface area contributed by atoms with Gasteiger partial charge in [0.15, 0.2) is 16.6 Å². The van der Waals surface area contributed by atoms with E-state index in [2.05, 4.69) is 92.9 Å². The van der Waals surface area contributed by atoms with Crippen molar-refractivity contribution in [3.8, 4) is 0 Å². The lowest BCUT2D eigenvalue weighted by Gasteiger charge is -2.45. The van der Waals surface area contributed by atoms with Crippen LogP contribution >= 0.6 is 0 Å². The molecule has 2 aromatic carbocycles. The minimum Gasteiger partial charge on any atom is -0.411 e. The lowest BCUT2D eigenvalue weighted by atomic mass is 9.99. The molecule has 0 aromatic heterocycles. The van der Waals surface area contributed by atoms with Crippen LogP contribution in [0.4, 0.5) is 0 Å². The third kappa shape index (κ3) is 18.9. The zero-order chi connectivity index (χ0) is 43.5. The van der Waals surface area contributed by atoms with E-state index in [1.807, 2.05) is 31.2 Å². The van der Waals surface area contributed by atoms with Gasteiger partial charge in [-0.15, -0.1) is 0 Å². The molecule has 0 aliphatic heterocycles. The van der Waals surface area contributed by atoms with Gasteiger partial charge in [0.25, 0.3) is 10.1 Å². The summed E-state index contributed by atoms with van der Waals surface area (Å²) >= 11 is 0. The smallest absolute Gasteiger partial charge is 0.297 e. The van der Waals surface area contributed by atoms with Gasteiger partial charge in [-0.1, -0.05) is 141 Å². The van der Waals surface area contributed by atoms with Gasteiger partial charge in [-0.05, 0) is 99.4 Å². The minimum absolute atomic E-state index is 0.000447. The van der Waals surface area contributed by atoms with Gasteiger partial charge < -0.3 is 23.1 Å². The van der Waals surface area contributed by atoms with Crippen molar-refractivity contribution in [1.29, 1.82) is 0 Å². The highest BCUT2D eigenvalue weighted by Crippen LogP contribution is 2.42. The van der Waals surface area contributed by atoms with Crippen molar-refractivity contribution in [3.63, 3.8) is 0 Å². The summed E-state index contributed by atoms with van der Waals surface area (Å²) in [6.07, 6.45) is 12.5. The molecular formula is C47H82O8SSi2. The van der Waals surface area contributed by atoms with Gasteiger partial charge in [0.1, 0.15) is 19.0 Å². The second kappa shape index (κ2) is 25.3. The Morgan fingerprint density at radius 1 is 0.707 bits per heavy atom. The summed E-state index contributed by atoms with van der Waals surface area (Å²) in [4.78, 5) is 0.119. The molecule has 0 bridgehead atoms. The molecule has 0 radical (unpaired) electrons. The number of ether oxygens (including phenoxy) is 3. The van der Waals surface area contributed by atoms with Gasteiger partial charge in [0.05, 0.1) is 23.7 Å². The fourth-order valence-electron chi connectivity index (χ4n) is 6.13. The molecule has 0 saturated carbocycles. The van der Waals surface area contributed by atoms with Crippen molar-refractivity contribution >= 4 is 26.8 Å². The van der Waals surface area contributed by atoms with Crippen LogP contribution in [0.3, 0.4) is 0 Å². The van der Waals surface area contributed by atoms with Crippen LogP contribution in [0, 0.1) is 6.92 Å². The van der Waals surface area contributed by atoms with Gasteiger partial charge in [0, 0.05) is 13.7 Å². The topological polar surface area (TPSA) is 89.5 Å². The molecule has 58 heavy (non-hydrogen) atoms. The third-order valence-electron chi connectivity index (χ3n) is 11.9. The van der Waals surface area contributed by atoms with Gasteiger partial charge in [-0.25, -0.2) is 0 Å². The molecule has 2 aromatic rings. The normalized spacial score (nSPS) is 15.5. The quantitative estimate of drug-likeness (QED) is 0.0263. The van der Waals surface area contributed by atoms with E-state index in [1.54, 1.807) is 31.4 Å². The number of rotatable bonds is 29. The summed E-state index contributed by atoms with van der Waals surface area (Å²) in [7, 11) is -7.18. The predicted molar refractivity (Wildman–Crippen MR) is 246 cm³/mol. The maximum absolute atomic E-state index is 14.0. The predicted octanol–water partition coefficient (Wildman–Crippen LogP) is 12.9. The maximum atomic E-state index is 14.0. The van der Waals surface area contributed by atoms with Crippen LogP contribution in [0.1, 0.15) is 130 Å². The first kappa shape index (κ1) is 52.5. The molecule has 0 aliphatic carbocycles. The van der Waals surface area contributed by atoms with Crippen LogP contribution in [0.15, 0.2) is 71.6 Å². The van der Waals surface area contributed by atoms with E-state index in [9.17, 15) is 8.42 Å². The van der Waals surface area contributed by atoms with Crippen molar-refractivity contribution in [2.24, 2.45) is 0 Å². The summed E-state index contributed by atoms with van der Waals surface area (Å²) in [6, 6.07) is 17.0. The molecule has 0 amide bonds. The Hall–Kier alpha value is -1.68. The van der Waals surface area contributed by atoms with E-state index in [0.29, 0.717) is 26.1 Å². The van der Waals surface area contributed by atoms with Crippen LogP contribution in [0.25, 0.3) is 0 Å². The van der Waals surface area contributed by atoms with Crippen molar-refractivity contribution in [2.75, 3.05) is 20.5 Å². The number of benzene rings is 2. The Balaban J connectivity index is 2.53. The molecule has 0 heterocycles. The summed E-state index contributed by atoms with van der Waals surface area (Å²) in [6.45, 7) is 28.0. The molecule has 0 unspecified atom stereocenters.